The smallest absolute Gasteiger partial charge is 0.0991 e. The quantitative estimate of drug-likeness (QED) is 0.737. The van der Waals surface area contributed by atoms with Crippen LogP contribution in [-0.2, 0) is 11.8 Å². The maximum absolute atomic E-state index is 8.99. The molecule has 1 aromatic carbocycles. The third-order valence-electron chi connectivity index (χ3n) is 4.95. The van der Waals surface area contributed by atoms with Gasteiger partial charge in [-0.15, -0.1) is 0 Å². The summed E-state index contributed by atoms with van der Waals surface area (Å²) in [6.07, 6.45) is 2.27. The summed E-state index contributed by atoms with van der Waals surface area (Å²) in [6, 6.07) is 9.07. The second kappa shape index (κ2) is 3.58. The highest BCUT2D eigenvalue weighted by Crippen LogP contribution is 2.45. The summed E-state index contributed by atoms with van der Waals surface area (Å²) in [5.74, 6) is 0.677. The normalized spacial score (nSPS) is 34.9. The van der Waals surface area contributed by atoms with E-state index in [1.807, 2.05) is 6.07 Å². The number of piperidine rings is 1. The molecule has 0 aromatic heterocycles. The van der Waals surface area contributed by atoms with Crippen molar-refractivity contribution in [3.63, 3.8) is 0 Å². The van der Waals surface area contributed by atoms with Gasteiger partial charge in [-0.3, -0.25) is 0 Å². The highest BCUT2D eigenvalue weighted by atomic mass is 14.9. The molecule has 17 heavy (non-hydrogen) atoms. The fraction of sp³-hybridized carbons (Fsp3) is 0.533. The summed E-state index contributed by atoms with van der Waals surface area (Å²) >= 11 is 0. The maximum atomic E-state index is 8.99. The van der Waals surface area contributed by atoms with E-state index in [1.165, 1.54) is 17.5 Å². The number of hydrogen-bond acceptors (Lipinski definition) is 2. The minimum absolute atomic E-state index is 0.289. The predicted molar refractivity (Wildman–Crippen MR) is 67.8 cm³/mol. The van der Waals surface area contributed by atoms with Crippen molar-refractivity contribution in [2.75, 3.05) is 6.54 Å². The van der Waals surface area contributed by atoms with E-state index in [-0.39, 0.29) is 5.41 Å². The van der Waals surface area contributed by atoms with Crippen molar-refractivity contribution >= 4 is 0 Å². The number of nitriles is 1. The molecule has 0 spiro atoms. The topological polar surface area (TPSA) is 35.8 Å². The molecule has 3 atom stereocenters. The van der Waals surface area contributed by atoms with Crippen molar-refractivity contribution in [3.05, 3.63) is 34.9 Å². The van der Waals surface area contributed by atoms with E-state index in [4.69, 9.17) is 5.26 Å². The highest BCUT2D eigenvalue weighted by Gasteiger charge is 2.45. The molecule has 1 heterocycles. The van der Waals surface area contributed by atoms with Gasteiger partial charge in [0.25, 0.3) is 0 Å². The molecule has 3 rings (SSSR count). The second-order valence-corrected chi connectivity index (χ2v) is 5.70. The second-order valence-electron chi connectivity index (χ2n) is 5.70. The van der Waals surface area contributed by atoms with Crippen molar-refractivity contribution in [3.8, 4) is 6.07 Å². The van der Waals surface area contributed by atoms with E-state index < -0.39 is 0 Å². The molecule has 2 nitrogen and oxygen atoms in total. The summed E-state index contributed by atoms with van der Waals surface area (Å²) in [7, 11) is 0. The van der Waals surface area contributed by atoms with Crippen molar-refractivity contribution in [1.29, 1.82) is 5.26 Å². The Labute approximate surface area is 103 Å². The zero-order valence-electron chi connectivity index (χ0n) is 10.5. The zero-order valence-corrected chi connectivity index (χ0v) is 10.5. The van der Waals surface area contributed by atoms with Crippen molar-refractivity contribution in [1.82, 2.24) is 5.32 Å². The minimum Gasteiger partial charge on any atom is -0.313 e. The van der Waals surface area contributed by atoms with Crippen LogP contribution in [0.25, 0.3) is 0 Å². The lowest BCUT2D eigenvalue weighted by molar-refractivity contribution is 0.158. The maximum Gasteiger partial charge on any atom is 0.0991 e. The summed E-state index contributed by atoms with van der Waals surface area (Å²) in [4.78, 5) is 0. The van der Waals surface area contributed by atoms with Gasteiger partial charge >= 0.3 is 0 Å². The SMILES string of the molecule is C[C@@H]1C2Cc3cc(C#N)ccc3C1(C)CCN2. The predicted octanol–water partition coefficient (Wildman–Crippen LogP) is 2.37. The summed E-state index contributed by atoms with van der Waals surface area (Å²) in [5.41, 5.74) is 3.93. The lowest BCUT2D eigenvalue weighted by Gasteiger charge is -2.50. The van der Waals surface area contributed by atoms with Crippen LogP contribution in [-0.4, -0.2) is 12.6 Å². The summed E-state index contributed by atoms with van der Waals surface area (Å²) in [5, 5.41) is 12.6. The molecule has 0 amide bonds. The Hall–Kier alpha value is -1.33. The van der Waals surface area contributed by atoms with E-state index in [1.54, 1.807) is 0 Å². The van der Waals surface area contributed by atoms with Crippen LogP contribution in [0.3, 0.4) is 0 Å². The average molecular weight is 226 g/mol. The third-order valence-corrected chi connectivity index (χ3v) is 4.95. The number of nitrogens with zero attached hydrogens (tertiary/aromatic N) is 1. The number of nitrogens with one attached hydrogen (secondary N) is 1. The van der Waals surface area contributed by atoms with Gasteiger partial charge in [0, 0.05) is 6.04 Å². The van der Waals surface area contributed by atoms with E-state index in [0.717, 1.165) is 18.5 Å². The Morgan fingerprint density at radius 2 is 2.29 bits per heavy atom. The van der Waals surface area contributed by atoms with Crippen molar-refractivity contribution in [2.24, 2.45) is 5.92 Å². The lowest BCUT2D eigenvalue weighted by atomic mass is 9.59. The third kappa shape index (κ3) is 1.42. The van der Waals surface area contributed by atoms with Gasteiger partial charge in [-0.2, -0.15) is 5.26 Å². The van der Waals surface area contributed by atoms with Crippen LogP contribution in [0.2, 0.25) is 0 Å². The average Bonchev–Trinajstić information content (AvgIpc) is 2.32. The standard InChI is InChI=1S/C15H18N2/c1-10-14-8-12-7-11(9-16)3-4-13(12)15(10,2)5-6-17-14/h3-4,7,10,14,17H,5-6,8H2,1-2H3/t10-,14?,15?/m1/s1. The Balaban J connectivity index is 2.16. The molecule has 2 aliphatic rings. The Bertz CT molecular complexity index is 500. The number of rotatable bonds is 0. The Morgan fingerprint density at radius 1 is 1.47 bits per heavy atom. The Morgan fingerprint density at radius 3 is 3.06 bits per heavy atom. The van der Waals surface area contributed by atoms with E-state index >= 15 is 0 Å². The number of fused-ring (bicyclic) bond motifs is 4. The molecule has 2 heteroatoms. The molecular formula is C15H18N2. The molecular weight excluding hydrogens is 208 g/mol. The van der Waals surface area contributed by atoms with E-state index in [0.29, 0.717) is 12.0 Å². The molecule has 0 radical (unpaired) electrons. The Kier molecular flexibility index (Phi) is 2.27. The van der Waals surface area contributed by atoms with Gasteiger partial charge in [0.05, 0.1) is 11.6 Å². The minimum atomic E-state index is 0.289. The molecule has 1 fully saturated rings. The van der Waals surface area contributed by atoms with E-state index in [2.05, 4.69) is 37.4 Å². The van der Waals surface area contributed by atoms with Crippen LogP contribution < -0.4 is 5.32 Å². The van der Waals surface area contributed by atoms with Crippen LogP contribution >= 0.6 is 0 Å². The zero-order chi connectivity index (χ0) is 12.0. The fourth-order valence-electron chi connectivity index (χ4n) is 3.62. The van der Waals surface area contributed by atoms with Gasteiger partial charge in [0.15, 0.2) is 0 Å². The highest BCUT2D eigenvalue weighted by molar-refractivity contribution is 5.45. The van der Waals surface area contributed by atoms with Crippen molar-refractivity contribution in [2.45, 2.75) is 38.1 Å². The molecule has 1 aliphatic carbocycles. The van der Waals surface area contributed by atoms with Crippen LogP contribution in [0.4, 0.5) is 0 Å². The lowest BCUT2D eigenvalue weighted by Crippen LogP contribution is -2.56. The van der Waals surface area contributed by atoms with Crippen molar-refractivity contribution < 1.29 is 0 Å². The fourth-order valence-corrected chi connectivity index (χ4v) is 3.62. The first kappa shape index (κ1) is 10.8. The molecule has 2 bridgehead atoms. The van der Waals surface area contributed by atoms with Gasteiger partial charge < -0.3 is 5.32 Å². The largest absolute Gasteiger partial charge is 0.313 e. The van der Waals surface area contributed by atoms with Crippen LogP contribution in [0, 0.1) is 17.2 Å². The van der Waals surface area contributed by atoms with Gasteiger partial charge in [-0.25, -0.2) is 0 Å². The molecule has 1 N–H and O–H groups in total. The van der Waals surface area contributed by atoms with Crippen LogP contribution in [0.5, 0.6) is 0 Å². The summed E-state index contributed by atoms with van der Waals surface area (Å²) < 4.78 is 0. The van der Waals surface area contributed by atoms with Gasteiger partial charge in [0.2, 0.25) is 0 Å². The molecule has 1 aliphatic heterocycles. The van der Waals surface area contributed by atoms with Gasteiger partial charge in [0.1, 0.15) is 0 Å². The van der Waals surface area contributed by atoms with Crippen LogP contribution in [0.1, 0.15) is 37.0 Å². The molecule has 88 valence electrons. The van der Waals surface area contributed by atoms with Gasteiger partial charge in [-0.05, 0) is 54.0 Å². The first-order valence-electron chi connectivity index (χ1n) is 6.42. The molecule has 1 saturated heterocycles. The summed E-state index contributed by atoms with van der Waals surface area (Å²) in [6.45, 7) is 5.86. The number of hydrogen-bond donors (Lipinski definition) is 1. The van der Waals surface area contributed by atoms with E-state index in [9.17, 15) is 0 Å². The monoisotopic (exact) mass is 226 g/mol. The molecule has 2 unspecified atom stereocenters. The molecule has 1 aromatic rings. The molecule has 0 saturated carbocycles. The van der Waals surface area contributed by atoms with Crippen LogP contribution in [0.15, 0.2) is 18.2 Å². The first-order valence-corrected chi connectivity index (χ1v) is 6.42. The van der Waals surface area contributed by atoms with Gasteiger partial charge in [-0.1, -0.05) is 19.9 Å². The first-order chi connectivity index (χ1) is 8.15. The number of benzene rings is 1.